The van der Waals surface area contributed by atoms with E-state index >= 15 is 0 Å². The average molecular weight is 920 g/mol. The first kappa shape index (κ1) is 45.2. The Hall–Kier alpha value is -7.31. The summed E-state index contributed by atoms with van der Waals surface area (Å²) in [6.07, 6.45) is 1.94. The van der Waals surface area contributed by atoms with Crippen molar-refractivity contribution in [3.05, 3.63) is 186 Å². The van der Waals surface area contributed by atoms with E-state index in [9.17, 15) is 0 Å². The highest BCUT2D eigenvalue weighted by molar-refractivity contribution is 6.12. The molecular weight excluding hydrogens is 855 g/mol. The molecule has 0 atom stereocenters. The molecule has 0 unspecified atom stereocenters. The molecule has 0 N–H and O–H groups in total. The highest BCUT2D eigenvalue weighted by Gasteiger charge is 2.35. The Morgan fingerprint density at radius 1 is 0.400 bits per heavy atom. The van der Waals surface area contributed by atoms with Gasteiger partial charge in [0, 0.05) is 56.9 Å². The zero-order valence-electron chi connectivity index (χ0n) is 42.9. The van der Waals surface area contributed by atoms with E-state index in [0.29, 0.717) is 6.67 Å². The Labute approximate surface area is 413 Å². The van der Waals surface area contributed by atoms with Crippen molar-refractivity contribution >= 4 is 66.4 Å². The third-order valence-electron chi connectivity index (χ3n) is 14.4. The van der Waals surface area contributed by atoms with Gasteiger partial charge in [-0.15, -0.1) is 0 Å². The van der Waals surface area contributed by atoms with Crippen molar-refractivity contribution < 1.29 is 4.74 Å². The van der Waals surface area contributed by atoms with Crippen molar-refractivity contribution in [1.29, 1.82) is 0 Å². The van der Waals surface area contributed by atoms with Crippen LogP contribution in [0.2, 0.25) is 0 Å². The van der Waals surface area contributed by atoms with Crippen LogP contribution in [0.15, 0.2) is 164 Å². The zero-order valence-corrected chi connectivity index (χ0v) is 42.9. The summed E-state index contributed by atoms with van der Waals surface area (Å²) in [6, 6.07) is 57.8. The molecule has 70 heavy (non-hydrogen) atoms. The van der Waals surface area contributed by atoms with Gasteiger partial charge in [0.15, 0.2) is 0 Å². The molecule has 0 saturated heterocycles. The number of benzene rings is 7. The van der Waals surface area contributed by atoms with E-state index in [1.54, 1.807) is 0 Å². The predicted molar refractivity (Wildman–Crippen MR) is 296 cm³/mol. The monoisotopic (exact) mass is 920 g/mol. The number of fused-ring (bicyclic) bond motifs is 7. The molecule has 0 saturated carbocycles. The molecular formula is C64H65N5O. The van der Waals surface area contributed by atoms with Crippen LogP contribution in [-0.2, 0) is 21.7 Å². The van der Waals surface area contributed by atoms with E-state index in [4.69, 9.17) is 9.72 Å². The number of rotatable bonds is 6. The number of anilines is 4. The fourth-order valence-corrected chi connectivity index (χ4v) is 10.5. The quantitative estimate of drug-likeness (QED) is 0.167. The Morgan fingerprint density at radius 3 is 1.67 bits per heavy atom. The lowest BCUT2D eigenvalue weighted by Crippen LogP contribution is -2.26. The van der Waals surface area contributed by atoms with Crippen molar-refractivity contribution in [3.63, 3.8) is 0 Å². The van der Waals surface area contributed by atoms with Crippen LogP contribution in [0.1, 0.15) is 105 Å². The van der Waals surface area contributed by atoms with Crippen molar-refractivity contribution in [3.8, 4) is 23.0 Å². The molecule has 352 valence electrons. The second-order valence-corrected chi connectivity index (χ2v) is 23.5. The van der Waals surface area contributed by atoms with E-state index < -0.39 is 0 Å². The van der Waals surface area contributed by atoms with Gasteiger partial charge in [-0.05, 0) is 129 Å². The van der Waals surface area contributed by atoms with Crippen LogP contribution in [-0.4, -0.2) is 20.8 Å². The lowest BCUT2D eigenvalue weighted by Gasteiger charge is -2.31. The second kappa shape index (κ2) is 16.1. The number of hydrogen-bond donors (Lipinski definition) is 0. The maximum Gasteiger partial charge on any atom is 0.137 e. The summed E-state index contributed by atoms with van der Waals surface area (Å²) >= 11 is 0. The van der Waals surface area contributed by atoms with Crippen LogP contribution in [0, 0.1) is 0 Å². The molecule has 0 fully saturated rings. The topological polar surface area (TPSA) is 38.5 Å². The fourth-order valence-electron chi connectivity index (χ4n) is 10.5. The minimum atomic E-state index is -0.0731. The largest absolute Gasteiger partial charge is 0.457 e. The molecule has 6 heteroatoms. The maximum atomic E-state index is 6.94. The molecule has 0 bridgehead atoms. The highest BCUT2D eigenvalue weighted by atomic mass is 16.5. The van der Waals surface area contributed by atoms with E-state index in [1.807, 2.05) is 6.20 Å². The van der Waals surface area contributed by atoms with Gasteiger partial charge in [0.25, 0.3) is 0 Å². The van der Waals surface area contributed by atoms with Gasteiger partial charge >= 0.3 is 0 Å². The number of nitrogens with zero attached hydrogens (tertiary/aromatic N) is 5. The number of aromatic nitrogens is 3. The van der Waals surface area contributed by atoms with E-state index in [0.717, 1.165) is 50.5 Å². The van der Waals surface area contributed by atoms with Crippen LogP contribution in [0.4, 0.5) is 22.7 Å². The summed E-state index contributed by atoms with van der Waals surface area (Å²) in [5.41, 5.74) is 15.5. The molecule has 10 aromatic rings. The lowest BCUT2D eigenvalue weighted by atomic mass is 9.80. The summed E-state index contributed by atoms with van der Waals surface area (Å²) in [5.74, 6) is 2.42. The Balaban J connectivity index is 1.02. The highest BCUT2D eigenvalue weighted by Crippen LogP contribution is 2.51. The number of ether oxygens (including phenoxy) is 1. The maximum absolute atomic E-state index is 6.94. The normalized spacial score (nSPS) is 13.6. The smallest absolute Gasteiger partial charge is 0.137 e. The molecule has 7 aromatic carbocycles. The van der Waals surface area contributed by atoms with E-state index in [2.05, 4.69) is 260 Å². The summed E-state index contributed by atoms with van der Waals surface area (Å²) in [7, 11) is 0. The summed E-state index contributed by atoms with van der Waals surface area (Å²) in [4.78, 5) is 10.0. The molecule has 4 heterocycles. The third kappa shape index (κ3) is 7.78. The number of hydrogen-bond acceptors (Lipinski definition) is 4. The van der Waals surface area contributed by atoms with E-state index in [1.165, 1.54) is 61.1 Å². The Kier molecular flexibility index (Phi) is 10.4. The Bertz CT molecular complexity index is 3590. The summed E-state index contributed by atoms with van der Waals surface area (Å²) in [6.45, 7) is 28.3. The van der Waals surface area contributed by atoms with Crippen LogP contribution in [0.3, 0.4) is 0 Å². The minimum absolute atomic E-state index is 0.00573. The van der Waals surface area contributed by atoms with Crippen molar-refractivity contribution in [1.82, 2.24) is 14.1 Å². The van der Waals surface area contributed by atoms with E-state index in [-0.39, 0.29) is 21.7 Å². The van der Waals surface area contributed by atoms with Gasteiger partial charge in [0.1, 0.15) is 24.0 Å². The van der Waals surface area contributed by atoms with Gasteiger partial charge in [0.05, 0.1) is 33.4 Å². The Morgan fingerprint density at radius 2 is 1.01 bits per heavy atom. The molecule has 0 amide bonds. The van der Waals surface area contributed by atoms with Crippen molar-refractivity contribution in [2.75, 3.05) is 16.5 Å². The molecule has 0 spiro atoms. The van der Waals surface area contributed by atoms with Gasteiger partial charge in [-0.25, -0.2) is 4.98 Å². The SMILES string of the molecule is CC(C)(C)c1cc(N2CN(c3cccc(Oc4ccc5c6cc(-n7c8ccccc8c8ccccc87)ccc6n(-c6cc(C(C)(C)C)ccn6)c5c4)c3)c3cccc(C(C)(C)C)c32)cc(C(C)(C)C)c1. The van der Waals surface area contributed by atoms with Gasteiger partial charge in [-0.1, -0.05) is 144 Å². The zero-order chi connectivity index (χ0) is 49.1. The minimum Gasteiger partial charge on any atom is -0.457 e. The first-order valence-corrected chi connectivity index (χ1v) is 24.9. The average Bonchev–Trinajstić information content (AvgIpc) is 3.98. The van der Waals surface area contributed by atoms with Crippen LogP contribution < -0.4 is 14.5 Å². The van der Waals surface area contributed by atoms with Crippen LogP contribution >= 0.6 is 0 Å². The van der Waals surface area contributed by atoms with Crippen molar-refractivity contribution in [2.24, 2.45) is 0 Å². The molecule has 6 nitrogen and oxygen atoms in total. The van der Waals surface area contributed by atoms with Gasteiger partial charge in [-0.2, -0.15) is 0 Å². The molecule has 3 aromatic heterocycles. The first-order chi connectivity index (χ1) is 33.2. The second-order valence-electron chi connectivity index (χ2n) is 23.5. The number of para-hydroxylation sites is 3. The van der Waals surface area contributed by atoms with Gasteiger partial charge < -0.3 is 19.1 Å². The number of pyridine rings is 1. The fraction of sp³-hybridized carbons (Fsp3) is 0.266. The van der Waals surface area contributed by atoms with Crippen LogP contribution in [0.25, 0.3) is 55.1 Å². The molecule has 0 aliphatic carbocycles. The standard InChI is InChI=1S/C64H65N5O/c1-61(2,3)41-31-32-65-59(36-41)69-56-30-27-45(68-54-24-15-13-21-49(54)50-22-14-16-25-55(50)68)38-52(56)51-29-28-48(39-58(51)69)70-47-20-17-19-44(37-47)66-40-67(60-53(64(10,11)12)23-18-26-57(60)66)46-34-42(62(4,5)6)33-43(35-46)63(7,8)9/h13-39H,40H2,1-12H3. The molecule has 11 rings (SSSR count). The molecule has 0 radical (unpaired) electrons. The summed E-state index contributed by atoms with van der Waals surface area (Å²) < 4.78 is 11.6. The van der Waals surface area contributed by atoms with Gasteiger partial charge in [-0.3, -0.25) is 4.57 Å². The van der Waals surface area contributed by atoms with Crippen LogP contribution in [0.5, 0.6) is 11.5 Å². The summed E-state index contributed by atoms with van der Waals surface area (Å²) in [5, 5.41) is 4.78. The lowest BCUT2D eigenvalue weighted by molar-refractivity contribution is 0.483. The van der Waals surface area contributed by atoms with Crippen molar-refractivity contribution in [2.45, 2.75) is 105 Å². The predicted octanol–water partition coefficient (Wildman–Crippen LogP) is 17.5. The van der Waals surface area contributed by atoms with Gasteiger partial charge in [0.2, 0.25) is 0 Å². The molecule has 1 aliphatic heterocycles. The molecule has 1 aliphatic rings. The first-order valence-electron chi connectivity index (χ1n) is 24.9. The third-order valence-corrected chi connectivity index (χ3v) is 14.4.